The first-order chi connectivity index (χ1) is 8.36. The maximum Gasteiger partial charge on any atom is 0.191 e. The van der Waals surface area contributed by atoms with Gasteiger partial charge >= 0.3 is 0 Å². The Morgan fingerprint density at radius 3 is 2.76 bits per heavy atom. The van der Waals surface area contributed by atoms with E-state index in [-0.39, 0.29) is 0 Å². The summed E-state index contributed by atoms with van der Waals surface area (Å²) in [5.41, 5.74) is 0. The van der Waals surface area contributed by atoms with Gasteiger partial charge in [0.1, 0.15) is 0 Å². The Hall–Kier alpha value is -0.640. The fraction of sp³-hybridized carbons (Fsp3) is 0.769. The van der Waals surface area contributed by atoms with E-state index in [9.17, 15) is 0 Å². The molecule has 0 aliphatic heterocycles. The van der Waals surface area contributed by atoms with Gasteiger partial charge in [-0.2, -0.15) is 11.8 Å². The first-order valence-electron chi connectivity index (χ1n) is 6.55. The molecule has 4 heteroatoms. The maximum absolute atomic E-state index is 4.61. The van der Waals surface area contributed by atoms with E-state index in [0.717, 1.165) is 31.9 Å². The van der Waals surface area contributed by atoms with Crippen molar-refractivity contribution in [3.63, 3.8) is 0 Å². The van der Waals surface area contributed by atoms with Crippen LogP contribution in [-0.4, -0.2) is 37.1 Å². The molecule has 0 saturated heterocycles. The second kappa shape index (κ2) is 9.40. The van der Waals surface area contributed by atoms with Crippen molar-refractivity contribution in [3.05, 3.63) is 12.2 Å². The molecule has 0 aromatic rings. The van der Waals surface area contributed by atoms with Crippen molar-refractivity contribution < 1.29 is 0 Å². The summed E-state index contributed by atoms with van der Waals surface area (Å²) in [6, 6.07) is 0.541. The molecule has 0 heterocycles. The van der Waals surface area contributed by atoms with Crippen molar-refractivity contribution in [2.75, 3.05) is 25.1 Å². The van der Waals surface area contributed by atoms with Crippen molar-refractivity contribution in [1.82, 2.24) is 10.6 Å². The van der Waals surface area contributed by atoms with Gasteiger partial charge in [0.25, 0.3) is 0 Å². The topological polar surface area (TPSA) is 36.4 Å². The third-order valence-electron chi connectivity index (χ3n) is 2.72. The molecule has 2 N–H and O–H groups in total. The fourth-order valence-corrected chi connectivity index (χ4v) is 2.29. The average molecular weight is 255 g/mol. The number of thioether (sulfide) groups is 1. The van der Waals surface area contributed by atoms with Gasteiger partial charge in [0, 0.05) is 19.1 Å². The highest BCUT2D eigenvalue weighted by molar-refractivity contribution is 7.98. The summed E-state index contributed by atoms with van der Waals surface area (Å²) in [6.45, 7) is 3.96. The van der Waals surface area contributed by atoms with Gasteiger partial charge in [-0.05, 0) is 44.6 Å². The summed E-state index contributed by atoms with van der Waals surface area (Å²) in [5, 5.41) is 6.79. The maximum atomic E-state index is 4.61. The summed E-state index contributed by atoms with van der Waals surface area (Å²) in [6.07, 6.45) is 11.3. The van der Waals surface area contributed by atoms with E-state index in [1.165, 1.54) is 18.6 Å². The molecule has 1 aliphatic rings. The minimum absolute atomic E-state index is 0.541. The molecule has 0 saturated carbocycles. The standard InChI is InChI=1S/C13H25N3S/c1-3-14-13(15-10-6-7-11-17-2)16-12-8-4-5-9-12/h4-5,12H,3,6-11H2,1-2H3,(H2,14,15,16). The number of aliphatic imine (C=N–C) groups is 1. The molecule has 0 unspecified atom stereocenters. The van der Waals surface area contributed by atoms with Crippen LogP contribution in [0.4, 0.5) is 0 Å². The predicted molar refractivity (Wildman–Crippen MR) is 78.9 cm³/mol. The van der Waals surface area contributed by atoms with Crippen molar-refractivity contribution in [2.45, 2.75) is 38.6 Å². The van der Waals surface area contributed by atoms with E-state index in [1.807, 2.05) is 11.8 Å². The van der Waals surface area contributed by atoms with Gasteiger partial charge < -0.3 is 10.6 Å². The summed E-state index contributed by atoms with van der Waals surface area (Å²) < 4.78 is 0. The monoisotopic (exact) mass is 255 g/mol. The Labute approximate surface area is 110 Å². The van der Waals surface area contributed by atoms with Crippen LogP contribution in [0.5, 0.6) is 0 Å². The number of nitrogens with one attached hydrogen (secondary N) is 2. The van der Waals surface area contributed by atoms with Gasteiger partial charge in [-0.15, -0.1) is 0 Å². The predicted octanol–water partition coefficient (Wildman–Crippen LogP) is 2.40. The smallest absolute Gasteiger partial charge is 0.191 e. The van der Waals surface area contributed by atoms with E-state index >= 15 is 0 Å². The molecular weight excluding hydrogens is 230 g/mol. The van der Waals surface area contributed by atoms with Gasteiger partial charge in [0.05, 0.1) is 0 Å². The van der Waals surface area contributed by atoms with E-state index in [0.29, 0.717) is 6.04 Å². The first kappa shape index (κ1) is 14.4. The zero-order valence-corrected chi connectivity index (χ0v) is 11.9. The molecule has 98 valence electrons. The highest BCUT2D eigenvalue weighted by Crippen LogP contribution is 2.08. The number of nitrogens with zero attached hydrogens (tertiary/aromatic N) is 1. The molecule has 0 atom stereocenters. The number of unbranched alkanes of at least 4 members (excludes halogenated alkanes) is 1. The zero-order valence-electron chi connectivity index (χ0n) is 11.0. The molecule has 1 rings (SSSR count). The Morgan fingerprint density at radius 1 is 1.35 bits per heavy atom. The van der Waals surface area contributed by atoms with E-state index < -0.39 is 0 Å². The first-order valence-corrected chi connectivity index (χ1v) is 7.95. The summed E-state index contributed by atoms with van der Waals surface area (Å²) in [5.74, 6) is 2.22. The van der Waals surface area contributed by atoms with E-state index in [1.54, 1.807) is 0 Å². The number of rotatable bonds is 7. The van der Waals surface area contributed by atoms with Gasteiger partial charge in [0.15, 0.2) is 5.96 Å². The van der Waals surface area contributed by atoms with Crippen molar-refractivity contribution in [2.24, 2.45) is 4.99 Å². The lowest BCUT2D eigenvalue weighted by Gasteiger charge is -2.16. The normalized spacial score (nSPS) is 16.5. The molecule has 0 bridgehead atoms. The number of hydrogen-bond donors (Lipinski definition) is 2. The Morgan fingerprint density at radius 2 is 2.12 bits per heavy atom. The lowest BCUT2D eigenvalue weighted by molar-refractivity contribution is 0.632. The fourth-order valence-electron chi connectivity index (χ4n) is 1.80. The minimum atomic E-state index is 0.541. The van der Waals surface area contributed by atoms with E-state index in [4.69, 9.17) is 0 Å². The van der Waals surface area contributed by atoms with Gasteiger partial charge in [-0.25, -0.2) is 0 Å². The van der Waals surface area contributed by atoms with Crippen LogP contribution >= 0.6 is 11.8 Å². The third-order valence-corrected chi connectivity index (χ3v) is 3.42. The molecule has 1 aliphatic carbocycles. The molecule has 0 radical (unpaired) electrons. The van der Waals surface area contributed by atoms with Crippen LogP contribution in [0.25, 0.3) is 0 Å². The Kier molecular flexibility index (Phi) is 7.97. The summed E-state index contributed by atoms with van der Waals surface area (Å²) >= 11 is 1.91. The zero-order chi connectivity index (χ0) is 12.3. The molecule has 0 aromatic carbocycles. The van der Waals surface area contributed by atoms with Gasteiger partial charge in [-0.1, -0.05) is 12.2 Å². The van der Waals surface area contributed by atoms with Crippen LogP contribution in [0.3, 0.4) is 0 Å². The largest absolute Gasteiger partial charge is 0.357 e. The Bertz CT molecular complexity index is 243. The average Bonchev–Trinajstić information content (AvgIpc) is 2.82. The lowest BCUT2D eigenvalue weighted by atomic mass is 10.2. The van der Waals surface area contributed by atoms with Gasteiger partial charge in [-0.3, -0.25) is 4.99 Å². The van der Waals surface area contributed by atoms with Crippen LogP contribution in [0.2, 0.25) is 0 Å². The van der Waals surface area contributed by atoms with Crippen molar-refractivity contribution >= 4 is 17.7 Å². The molecule has 17 heavy (non-hydrogen) atoms. The van der Waals surface area contributed by atoms with E-state index in [2.05, 4.69) is 41.0 Å². The molecule has 0 amide bonds. The second-order valence-corrected chi connectivity index (χ2v) is 5.23. The summed E-state index contributed by atoms with van der Waals surface area (Å²) in [4.78, 5) is 4.61. The Balaban J connectivity index is 2.22. The molecule has 0 fully saturated rings. The molecule has 0 spiro atoms. The van der Waals surface area contributed by atoms with Crippen LogP contribution in [0, 0.1) is 0 Å². The number of hydrogen-bond acceptors (Lipinski definition) is 2. The quantitative estimate of drug-likeness (QED) is 0.317. The summed E-state index contributed by atoms with van der Waals surface area (Å²) in [7, 11) is 0. The third kappa shape index (κ3) is 6.61. The van der Waals surface area contributed by atoms with Crippen LogP contribution in [0.15, 0.2) is 17.1 Å². The van der Waals surface area contributed by atoms with Crippen LogP contribution < -0.4 is 10.6 Å². The van der Waals surface area contributed by atoms with Crippen LogP contribution in [-0.2, 0) is 0 Å². The van der Waals surface area contributed by atoms with Crippen molar-refractivity contribution in [1.29, 1.82) is 0 Å². The van der Waals surface area contributed by atoms with Crippen molar-refractivity contribution in [3.8, 4) is 0 Å². The molecule has 3 nitrogen and oxygen atoms in total. The molecule has 0 aromatic heterocycles. The lowest BCUT2D eigenvalue weighted by Crippen LogP contribution is -2.42. The minimum Gasteiger partial charge on any atom is -0.357 e. The second-order valence-electron chi connectivity index (χ2n) is 4.24. The van der Waals surface area contributed by atoms with Crippen LogP contribution in [0.1, 0.15) is 32.6 Å². The van der Waals surface area contributed by atoms with Gasteiger partial charge in [0.2, 0.25) is 0 Å². The highest BCUT2D eigenvalue weighted by Gasteiger charge is 2.10. The highest BCUT2D eigenvalue weighted by atomic mass is 32.2. The molecular formula is C13H25N3S. The number of guanidine groups is 1. The SMILES string of the molecule is CCNC(=NCCCCSC)NC1CC=CC1.